The minimum atomic E-state index is 0.680. The summed E-state index contributed by atoms with van der Waals surface area (Å²) in [7, 11) is 0. The molecule has 0 aliphatic carbocycles. The number of benzene rings is 2. The first-order valence-electron chi connectivity index (χ1n) is 5.50. The number of rotatable bonds is 1. The zero-order valence-corrected chi connectivity index (χ0v) is 10.3. The van der Waals surface area contributed by atoms with E-state index in [-0.39, 0.29) is 0 Å². The van der Waals surface area contributed by atoms with E-state index in [1.165, 1.54) is 0 Å². The van der Waals surface area contributed by atoms with E-state index >= 15 is 0 Å². The lowest BCUT2D eigenvalue weighted by molar-refractivity contribution is -0.475. The lowest BCUT2D eigenvalue weighted by atomic mass is 10.2. The molecule has 3 aromatic rings. The Kier molecular flexibility index (Phi) is 2.38. The number of anilines is 2. The van der Waals surface area contributed by atoms with Gasteiger partial charge in [-0.2, -0.15) is 0 Å². The first kappa shape index (κ1) is 10.9. The van der Waals surface area contributed by atoms with Crippen molar-refractivity contribution in [2.24, 2.45) is 0 Å². The van der Waals surface area contributed by atoms with Gasteiger partial charge in [-0.25, -0.2) is 4.98 Å². The molecular formula is C13H12ClN4+. The Morgan fingerprint density at radius 1 is 0.944 bits per heavy atom. The molecule has 1 heterocycles. The maximum Gasteiger partial charge on any atom is 0.305 e. The number of nitrogens with one attached hydrogen (secondary N) is 1. The largest absolute Gasteiger partial charge is 0.399 e. The van der Waals surface area contributed by atoms with Gasteiger partial charge in [0.15, 0.2) is 11.0 Å². The van der Waals surface area contributed by atoms with Crippen molar-refractivity contribution in [3.8, 4) is 11.4 Å². The van der Waals surface area contributed by atoms with Crippen LogP contribution in [0.25, 0.3) is 22.4 Å². The summed E-state index contributed by atoms with van der Waals surface area (Å²) in [6, 6.07) is 13.1. The van der Waals surface area contributed by atoms with Gasteiger partial charge in [-0.1, -0.05) is 0 Å². The average Bonchev–Trinajstić information content (AvgIpc) is 2.68. The van der Waals surface area contributed by atoms with Crippen molar-refractivity contribution in [1.82, 2.24) is 4.98 Å². The van der Waals surface area contributed by atoms with Crippen molar-refractivity contribution in [1.29, 1.82) is 0 Å². The molecule has 90 valence electrons. The Morgan fingerprint density at radius 3 is 2.33 bits per heavy atom. The molecule has 1 aromatic heterocycles. The minimum Gasteiger partial charge on any atom is -0.399 e. The maximum atomic E-state index is 6.30. The number of aromatic amines is 1. The number of aromatic nitrogens is 2. The van der Waals surface area contributed by atoms with E-state index in [0.717, 1.165) is 28.1 Å². The summed E-state index contributed by atoms with van der Waals surface area (Å²) < 4.78 is 1.57. The van der Waals surface area contributed by atoms with E-state index < -0.39 is 0 Å². The third-order valence-electron chi connectivity index (χ3n) is 2.87. The standard InChI is InChI=1S/C13H11ClN4/c14-18-12-7-10(16)5-6-11(12)17-13(18)8-1-3-9(15)4-2-8/h1-7H,16H2,(H2,15,17)/p+1. The smallest absolute Gasteiger partial charge is 0.305 e. The molecule has 18 heavy (non-hydrogen) atoms. The van der Waals surface area contributed by atoms with Gasteiger partial charge in [0.2, 0.25) is 0 Å². The number of nitrogens with two attached hydrogens (primary N) is 2. The summed E-state index contributed by atoms with van der Waals surface area (Å²) in [5, 5.41) is 0. The van der Waals surface area contributed by atoms with E-state index in [1.807, 2.05) is 42.5 Å². The topological polar surface area (TPSA) is 71.7 Å². The Balaban J connectivity index is 2.23. The second-order valence-corrected chi connectivity index (χ2v) is 4.49. The van der Waals surface area contributed by atoms with E-state index in [1.54, 1.807) is 4.09 Å². The molecule has 0 saturated heterocycles. The van der Waals surface area contributed by atoms with Crippen LogP contribution >= 0.6 is 11.8 Å². The first-order chi connectivity index (χ1) is 8.65. The second kappa shape index (κ2) is 3.92. The molecule has 0 unspecified atom stereocenters. The molecule has 0 aliphatic rings. The molecule has 0 atom stereocenters. The van der Waals surface area contributed by atoms with Crippen molar-refractivity contribution in [2.45, 2.75) is 0 Å². The number of hydrogen-bond donors (Lipinski definition) is 3. The predicted molar refractivity (Wildman–Crippen MR) is 74.0 cm³/mol. The van der Waals surface area contributed by atoms with Crippen LogP contribution in [0, 0.1) is 0 Å². The number of fused-ring (bicyclic) bond motifs is 1. The van der Waals surface area contributed by atoms with Crippen LogP contribution < -0.4 is 15.6 Å². The molecule has 0 saturated carbocycles. The van der Waals surface area contributed by atoms with E-state index in [9.17, 15) is 0 Å². The van der Waals surface area contributed by atoms with Crippen molar-refractivity contribution < 1.29 is 4.09 Å². The van der Waals surface area contributed by atoms with Crippen molar-refractivity contribution >= 4 is 34.2 Å². The van der Waals surface area contributed by atoms with Crippen LogP contribution in [0.5, 0.6) is 0 Å². The highest BCUT2D eigenvalue weighted by molar-refractivity contribution is 6.07. The fourth-order valence-electron chi connectivity index (χ4n) is 1.94. The minimum absolute atomic E-state index is 0.680. The number of nitrogens with zero attached hydrogens (tertiary/aromatic N) is 1. The van der Waals surface area contributed by atoms with Gasteiger partial charge in [0.1, 0.15) is 11.8 Å². The Morgan fingerprint density at radius 2 is 1.61 bits per heavy atom. The molecule has 3 rings (SSSR count). The molecule has 5 heteroatoms. The fourth-order valence-corrected chi connectivity index (χ4v) is 2.22. The van der Waals surface area contributed by atoms with E-state index in [0.29, 0.717) is 5.69 Å². The summed E-state index contributed by atoms with van der Waals surface area (Å²) in [5.74, 6) is 0.803. The molecule has 4 nitrogen and oxygen atoms in total. The Hall–Kier alpha value is -2.20. The van der Waals surface area contributed by atoms with Gasteiger partial charge in [-0.05, 0) is 36.4 Å². The van der Waals surface area contributed by atoms with Gasteiger partial charge in [-0.15, -0.1) is 4.09 Å². The molecule has 0 bridgehead atoms. The highest BCUT2D eigenvalue weighted by Crippen LogP contribution is 2.21. The summed E-state index contributed by atoms with van der Waals surface area (Å²) in [5.41, 5.74) is 15.6. The van der Waals surface area contributed by atoms with Crippen LogP contribution in [-0.4, -0.2) is 4.98 Å². The van der Waals surface area contributed by atoms with Crippen LogP contribution in [0.1, 0.15) is 0 Å². The van der Waals surface area contributed by atoms with Crippen LogP contribution in [0.4, 0.5) is 11.4 Å². The van der Waals surface area contributed by atoms with Crippen molar-refractivity contribution in [3.05, 3.63) is 42.5 Å². The van der Waals surface area contributed by atoms with Crippen LogP contribution in [0.3, 0.4) is 0 Å². The SMILES string of the molecule is Nc1ccc(-c2[nH]c3ccc(N)cc3[n+]2Cl)cc1. The van der Waals surface area contributed by atoms with Crippen LogP contribution in [-0.2, 0) is 0 Å². The summed E-state index contributed by atoms with van der Waals surface area (Å²) in [4.78, 5) is 3.26. The summed E-state index contributed by atoms with van der Waals surface area (Å²) >= 11 is 6.30. The van der Waals surface area contributed by atoms with Gasteiger partial charge in [0, 0.05) is 17.4 Å². The highest BCUT2D eigenvalue weighted by Gasteiger charge is 2.19. The zero-order chi connectivity index (χ0) is 12.7. The summed E-state index contributed by atoms with van der Waals surface area (Å²) in [6.45, 7) is 0. The molecule has 0 spiro atoms. The summed E-state index contributed by atoms with van der Waals surface area (Å²) in [6.07, 6.45) is 0. The van der Waals surface area contributed by atoms with Gasteiger partial charge in [0.05, 0.1) is 5.56 Å². The number of H-pyrrole nitrogens is 1. The van der Waals surface area contributed by atoms with Crippen molar-refractivity contribution in [2.75, 3.05) is 11.5 Å². The predicted octanol–water partition coefficient (Wildman–Crippen LogP) is 2.29. The van der Waals surface area contributed by atoms with Crippen LogP contribution in [0.2, 0.25) is 0 Å². The lowest BCUT2D eigenvalue weighted by Gasteiger charge is -1.95. The Bertz CT molecular complexity index is 716. The number of hydrogen-bond acceptors (Lipinski definition) is 2. The molecule has 5 N–H and O–H groups in total. The second-order valence-electron chi connectivity index (χ2n) is 4.15. The third kappa shape index (κ3) is 1.67. The monoisotopic (exact) mass is 259 g/mol. The van der Waals surface area contributed by atoms with Gasteiger partial charge < -0.3 is 11.5 Å². The normalized spacial score (nSPS) is 10.9. The zero-order valence-electron chi connectivity index (χ0n) is 9.52. The molecular weight excluding hydrogens is 248 g/mol. The quantitative estimate of drug-likeness (QED) is 0.587. The molecule has 0 aliphatic heterocycles. The van der Waals surface area contributed by atoms with Crippen molar-refractivity contribution in [3.63, 3.8) is 0 Å². The molecule has 0 fully saturated rings. The third-order valence-corrected chi connectivity index (χ3v) is 3.22. The lowest BCUT2D eigenvalue weighted by Crippen LogP contribution is -2.21. The first-order valence-corrected chi connectivity index (χ1v) is 5.84. The Labute approximate surface area is 109 Å². The molecule has 0 radical (unpaired) electrons. The number of imidazole rings is 1. The molecule has 0 amide bonds. The highest BCUT2D eigenvalue weighted by atomic mass is 35.5. The number of halogens is 1. The van der Waals surface area contributed by atoms with Crippen LogP contribution in [0.15, 0.2) is 42.5 Å². The van der Waals surface area contributed by atoms with E-state index in [4.69, 9.17) is 23.2 Å². The van der Waals surface area contributed by atoms with E-state index in [2.05, 4.69) is 4.98 Å². The number of nitrogen functional groups attached to an aromatic ring is 2. The molecule has 2 aromatic carbocycles. The average molecular weight is 260 g/mol. The van der Waals surface area contributed by atoms with Gasteiger partial charge in [0.25, 0.3) is 0 Å². The fraction of sp³-hybridized carbons (Fsp3) is 0. The van der Waals surface area contributed by atoms with Gasteiger partial charge >= 0.3 is 5.82 Å². The van der Waals surface area contributed by atoms with Gasteiger partial charge in [-0.3, -0.25) is 0 Å². The maximum absolute atomic E-state index is 6.30.